The van der Waals surface area contributed by atoms with Crippen LogP contribution in [-0.4, -0.2) is 36.9 Å². The van der Waals surface area contributed by atoms with Crippen molar-refractivity contribution < 1.29 is 55.5 Å². The molecule has 0 fully saturated rings. The van der Waals surface area contributed by atoms with E-state index in [1.807, 2.05) is 0 Å². The van der Waals surface area contributed by atoms with Crippen molar-refractivity contribution in [2.75, 3.05) is 12.3 Å². The lowest BCUT2D eigenvalue weighted by atomic mass is 10.4. The van der Waals surface area contributed by atoms with Gasteiger partial charge in [0.15, 0.2) is 17.9 Å². The molecule has 3 unspecified atom stereocenters. The second-order valence-corrected chi connectivity index (χ2v) is 9.35. The van der Waals surface area contributed by atoms with Crippen LogP contribution in [0.25, 0.3) is 0 Å². The Morgan fingerprint density at radius 3 is 2.50 bits per heavy atom. The van der Waals surface area contributed by atoms with Crippen molar-refractivity contribution >= 4 is 29.3 Å². The number of rotatable bonds is 8. The standard InChI is InChI=1S/C9H13FN3O12P3/c10-6-3-13(9(14)12-8(6)11)7-2-1-5(23-7)4-22-27(18,19)25-28(20,21)24-26(15,16)17/h1-3,5,7H,4H2,(H,18,19)(H,20,21)(H2,11,12,14)(H2,15,16,17)/p-1/t5-,7+/m0/s1. The topological polar surface area (TPSA) is 233 Å². The van der Waals surface area contributed by atoms with E-state index >= 15 is 0 Å². The van der Waals surface area contributed by atoms with Gasteiger partial charge < -0.3 is 30.0 Å². The predicted molar refractivity (Wildman–Crippen MR) is 83.5 cm³/mol. The minimum Gasteiger partial charge on any atom is -0.756 e. The highest BCUT2D eigenvalue weighted by molar-refractivity contribution is 7.66. The zero-order chi connectivity index (χ0) is 21.3. The number of ether oxygens (including phenoxy) is 1. The summed E-state index contributed by atoms with van der Waals surface area (Å²) in [5, 5.41) is 0. The summed E-state index contributed by atoms with van der Waals surface area (Å²) in [6.45, 7) is -0.783. The molecular weight excluding hydrogens is 454 g/mol. The fourth-order valence-corrected chi connectivity index (χ4v) is 4.85. The summed E-state index contributed by atoms with van der Waals surface area (Å²) in [4.78, 5) is 51.9. The number of hydrogen-bond acceptors (Lipinski definition) is 11. The van der Waals surface area contributed by atoms with Gasteiger partial charge in [0, 0.05) is 0 Å². The highest BCUT2D eigenvalue weighted by atomic mass is 31.3. The van der Waals surface area contributed by atoms with Crippen molar-refractivity contribution in [1.82, 2.24) is 9.55 Å². The van der Waals surface area contributed by atoms with E-state index in [0.717, 1.165) is 10.8 Å². The second-order valence-electron chi connectivity index (χ2n) is 4.98. The van der Waals surface area contributed by atoms with Gasteiger partial charge >= 0.3 is 21.3 Å². The lowest BCUT2D eigenvalue weighted by Gasteiger charge is -2.21. The third-order valence-electron chi connectivity index (χ3n) is 2.83. The third kappa shape index (κ3) is 6.65. The fourth-order valence-electron chi connectivity index (χ4n) is 1.85. The Morgan fingerprint density at radius 2 is 1.89 bits per heavy atom. The first kappa shape index (κ1) is 23.0. The van der Waals surface area contributed by atoms with E-state index in [-0.39, 0.29) is 0 Å². The van der Waals surface area contributed by atoms with E-state index in [1.54, 1.807) is 0 Å². The summed E-state index contributed by atoms with van der Waals surface area (Å²) >= 11 is 0. The van der Waals surface area contributed by atoms with E-state index in [9.17, 15) is 32.7 Å². The summed E-state index contributed by atoms with van der Waals surface area (Å²) in [5.74, 6) is -1.62. The molecule has 0 bridgehead atoms. The van der Waals surface area contributed by atoms with Crippen LogP contribution in [-0.2, 0) is 31.6 Å². The molecule has 0 radical (unpaired) electrons. The molecular formula is C9H12FN3O12P3-. The zero-order valence-corrected chi connectivity index (χ0v) is 16.0. The summed E-state index contributed by atoms with van der Waals surface area (Å²) in [5.41, 5.74) is 4.19. The number of phosphoric ester groups is 1. The van der Waals surface area contributed by atoms with Gasteiger partial charge in [-0.3, -0.25) is 13.7 Å². The minimum absolute atomic E-state index is 0.623. The molecule has 19 heteroatoms. The third-order valence-corrected chi connectivity index (χ3v) is 6.60. The molecule has 1 aliphatic rings. The average Bonchev–Trinajstić information content (AvgIpc) is 2.94. The molecule has 0 saturated heterocycles. The van der Waals surface area contributed by atoms with Gasteiger partial charge in [0.1, 0.15) is 6.10 Å². The van der Waals surface area contributed by atoms with Gasteiger partial charge in [-0.1, -0.05) is 6.08 Å². The first-order valence-electron chi connectivity index (χ1n) is 6.82. The van der Waals surface area contributed by atoms with Crippen molar-refractivity contribution in [3.63, 3.8) is 0 Å². The van der Waals surface area contributed by atoms with Crippen LogP contribution >= 0.6 is 23.5 Å². The first-order chi connectivity index (χ1) is 12.7. The number of nitrogen functional groups attached to an aromatic ring is 1. The number of aromatic nitrogens is 2. The predicted octanol–water partition coefficient (Wildman–Crippen LogP) is -0.871. The van der Waals surface area contributed by atoms with Crippen molar-refractivity contribution in [3.05, 3.63) is 34.7 Å². The van der Waals surface area contributed by atoms with Crippen LogP contribution in [0, 0.1) is 5.82 Å². The van der Waals surface area contributed by atoms with Crippen LogP contribution in [0.5, 0.6) is 0 Å². The molecule has 2 rings (SSSR count). The monoisotopic (exact) mass is 466 g/mol. The van der Waals surface area contributed by atoms with Crippen molar-refractivity contribution in [1.29, 1.82) is 0 Å². The first-order valence-corrected chi connectivity index (χ1v) is 11.3. The maximum absolute atomic E-state index is 13.4. The number of nitrogens with zero attached hydrogens (tertiary/aromatic N) is 2. The van der Waals surface area contributed by atoms with Crippen molar-refractivity contribution in [2.45, 2.75) is 12.3 Å². The van der Waals surface area contributed by atoms with Gasteiger partial charge in [-0.05, 0) is 6.08 Å². The number of anilines is 1. The van der Waals surface area contributed by atoms with Crippen LogP contribution in [0.3, 0.4) is 0 Å². The van der Waals surface area contributed by atoms with Gasteiger partial charge in [-0.25, -0.2) is 22.6 Å². The molecule has 0 saturated carbocycles. The normalized spacial score (nSPS) is 25.8. The van der Waals surface area contributed by atoms with Crippen molar-refractivity contribution in [3.8, 4) is 0 Å². The number of phosphoric acid groups is 3. The molecule has 15 nitrogen and oxygen atoms in total. The molecule has 0 amide bonds. The van der Waals surface area contributed by atoms with E-state index < -0.39 is 59.7 Å². The second kappa shape index (κ2) is 8.22. The molecule has 5 atom stereocenters. The largest absolute Gasteiger partial charge is 0.756 e. The van der Waals surface area contributed by atoms with Gasteiger partial charge in [0.2, 0.25) is 0 Å². The SMILES string of the molecule is Nc1nc(=O)n([C@H]2C=C[C@@H](COP(=O)(O)OP(=O)(O)OP(=O)([O-])O)O2)cc1F. The smallest absolute Gasteiger partial charge is 0.487 e. The maximum atomic E-state index is 13.4. The lowest BCUT2D eigenvalue weighted by Crippen LogP contribution is -2.29. The van der Waals surface area contributed by atoms with E-state index in [4.69, 9.17) is 20.3 Å². The number of hydrogen-bond donors (Lipinski definition) is 4. The van der Waals surface area contributed by atoms with E-state index in [2.05, 4.69) is 18.1 Å². The van der Waals surface area contributed by atoms with Crippen LogP contribution in [0.1, 0.15) is 6.23 Å². The van der Waals surface area contributed by atoms with Crippen LogP contribution in [0.15, 0.2) is 23.1 Å². The Labute approximate surface area is 154 Å². The molecule has 1 aliphatic heterocycles. The van der Waals surface area contributed by atoms with Gasteiger partial charge in [0.25, 0.3) is 7.82 Å². The minimum atomic E-state index is -5.76. The van der Waals surface area contributed by atoms with Gasteiger partial charge in [-0.15, -0.1) is 0 Å². The Balaban J connectivity index is 1.96. The Hall–Kier alpha value is -1.28. The molecule has 0 spiro atoms. The molecule has 158 valence electrons. The maximum Gasteiger partial charge on any atom is 0.487 e. The Kier molecular flexibility index (Phi) is 6.76. The molecule has 28 heavy (non-hydrogen) atoms. The molecule has 0 aliphatic carbocycles. The number of nitrogens with two attached hydrogens (primary N) is 1. The fraction of sp³-hybridized carbons (Fsp3) is 0.333. The summed E-state index contributed by atoms with van der Waals surface area (Å²) in [6.07, 6.45) is 0.924. The van der Waals surface area contributed by atoms with Crippen LogP contribution < -0.4 is 16.3 Å². The van der Waals surface area contributed by atoms with E-state index in [1.165, 1.54) is 12.2 Å². The average molecular weight is 466 g/mol. The molecule has 1 aromatic rings. The van der Waals surface area contributed by atoms with Gasteiger partial charge in [0.05, 0.1) is 12.8 Å². The van der Waals surface area contributed by atoms with Crippen molar-refractivity contribution in [2.24, 2.45) is 0 Å². The zero-order valence-electron chi connectivity index (χ0n) is 13.3. The molecule has 2 heterocycles. The highest BCUT2D eigenvalue weighted by Gasteiger charge is 2.38. The molecule has 0 aromatic carbocycles. The van der Waals surface area contributed by atoms with Gasteiger partial charge in [-0.2, -0.15) is 9.29 Å². The van der Waals surface area contributed by atoms with Crippen LogP contribution in [0.4, 0.5) is 10.2 Å². The summed E-state index contributed by atoms with van der Waals surface area (Å²) in [7, 11) is -16.8. The molecule has 1 aromatic heterocycles. The highest BCUT2D eigenvalue weighted by Crippen LogP contribution is 2.65. The lowest BCUT2D eigenvalue weighted by molar-refractivity contribution is -0.212. The van der Waals surface area contributed by atoms with Crippen LogP contribution in [0.2, 0.25) is 0 Å². The quantitative estimate of drug-likeness (QED) is 0.269. The molecule has 5 N–H and O–H groups in total. The van der Waals surface area contributed by atoms with E-state index in [0.29, 0.717) is 0 Å². The summed E-state index contributed by atoms with van der Waals surface area (Å²) < 4.78 is 63.8. The Morgan fingerprint density at radius 1 is 1.25 bits per heavy atom. The summed E-state index contributed by atoms with van der Waals surface area (Å²) in [6, 6.07) is 0. The Bertz CT molecular complexity index is 975. The number of halogens is 1.